The van der Waals surface area contributed by atoms with Crippen molar-refractivity contribution in [3.63, 3.8) is 0 Å². The number of carbonyl (C=O) groups is 1. The molecule has 3 aliphatic heterocycles. The third-order valence-electron chi connectivity index (χ3n) is 3.89. The first-order valence-corrected chi connectivity index (χ1v) is 12.5. The van der Waals surface area contributed by atoms with Crippen LogP contribution in [0.5, 0.6) is 0 Å². The molecule has 3 rings (SSSR count). The molecule has 1 amide bonds. The first-order valence-electron chi connectivity index (χ1n) is 7.95. The Bertz CT molecular complexity index is 977. The van der Waals surface area contributed by atoms with Gasteiger partial charge in [0.05, 0.1) is 12.9 Å². The van der Waals surface area contributed by atoms with Gasteiger partial charge in [0.1, 0.15) is 30.5 Å². The van der Waals surface area contributed by atoms with Crippen molar-refractivity contribution in [2.45, 2.75) is 30.6 Å². The Morgan fingerprint density at radius 1 is 1.06 bits per heavy atom. The van der Waals surface area contributed by atoms with Crippen molar-refractivity contribution in [3.05, 3.63) is 0 Å². The van der Waals surface area contributed by atoms with Gasteiger partial charge in [-0.2, -0.15) is 13.6 Å². The molecule has 7 unspecified atom stereocenters. The number of phosphoric ester groups is 1. The third kappa shape index (κ3) is 5.77. The van der Waals surface area contributed by atoms with Crippen LogP contribution in [0.4, 0.5) is 0 Å². The van der Waals surface area contributed by atoms with E-state index in [-0.39, 0.29) is 5.84 Å². The fourth-order valence-electron chi connectivity index (χ4n) is 2.70. The molecule has 0 aliphatic carbocycles. The molecule has 0 spiro atoms. The summed E-state index contributed by atoms with van der Waals surface area (Å²) in [6.07, 6.45) is -4.13. The highest BCUT2D eigenvalue weighted by atomic mass is 31.3. The Morgan fingerprint density at radius 2 is 1.74 bits per heavy atom. The van der Waals surface area contributed by atoms with Gasteiger partial charge in [0.25, 0.3) is 5.91 Å². The summed E-state index contributed by atoms with van der Waals surface area (Å²) in [6, 6.07) is -1.06. The zero-order valence-corrected chi connectivity index (χ0v) is 17.5. The summed E-state index contributed by atoms with van der Waals surface area (Å²) in [6.45, 7) is -0.986. The number of aliphatic hydroxyl groups excluding tert-OH is 2. The van der Waals surface area contributed by atoms with Crippen molar-refractivity contribution in [2.24, 2.45) is 15.0 Å². The van der Waals surface area contributed by atoms with Crippen LogP contribution >= 0.6 is 23.5 Å². The quantitative estimate of drug-likeness (QED) is 0.184. The Morgan fingerprint density at radius 3 is 2.39 bits per heavy atom. The van der Waals surface area contributed by atoms with Crippen LogP contribution < -0.4 is 0 Å². The van der Waals surface area contributed by atoms with Crippen molar-refractivity contribution in [3.8, 4) is 0 Å². The Hall–Kier alpha value is -1.23. The summed E-state index contributed by atoms with van der Waals surface area (Å²) >= 11 is 0. The van der Waals surface area contributed by atoms with Gasteiger partial charge in [0.15, 0.2) is 12.3 Å². The summed E-state index contributed by atoms with van der Waals surface area (Å²) in [5, 5.41) is 20.3. The zero-order chi connectivity index (χ0) is 23.2. The molecule has 0 radical (unpaired) electrons. The van der Waals surface area contributed by atoms with Gasteiger partial charge >= 0.3 is 23.5 Å². The summed E-state index contributed by atoms with van der Waals surface area (Å²) < 4.78 is 50.5. The number of rotatable bonds is 8. The zero-order valence-electron chi connectivity index (χ0n) is 14.8. The minimum absolute atomic E-state index is 0.0461. The lowest BCUT2D eigenvalue weighted by molar-refractivity contribution is -0.117. The SMILES string of the molecule is O=C1N=CN=C2C1N=CN2C1OC(COP(=O)(O)OP(=O)(O)OP(=O)(O)O)C(O)C1O. The fourth-order valence-corrected chi connectivity index (χ4v) is 5.73. The molecule has 0 aromatic heterocycles. The topological polar surface area (TPSA) is 267 Å². The first kappa shape index (κ1) is 24.4. The van der Waals surface area contributed by atoms with Crippen LogP contribution in [0.2, 0.25) is 0 Å². The number of nitrogens with zero attached hydrogens (tertiary/aromatic N) is 4. The maximum Gasteiger partial charge on any atom is 0.490 e. The van der Waals surface area contributed by atoms with Gasteiger partial charge in [-0.05, 0) is 0 Å². The van der Waals surface area contributed by atoms with Crippen molar-refractivity contribution in [1.82, 2.24) is 4.90 Å². The fraction of sp³-hybridized carbons (Fsp3) is 0.600. The number of fused-ring (bicyclic) bond motifs is 1. The van der Waals surface area contributed by atoms with Gasteiger partial charge in [-0.15, -0.1) is 0 Å². The van der Waals surface area contributed by atoms with Gasteiger partial charge in [-0.3, -0.25) is 19.2 Å². The van der Waals surface area contributed by atoms with E-state index >= 15 is 0 Å². The van der Waals surface area contributed by atoms with E-state index in [2.05, 4.69) is 28.1 Å². The summed E-state index contributed by atoms with van der Waals surface area (Å²) in [5.41, 5.74) is 0. The second kappa shape index (κ2) is 8.61. The van der Waals surface area contributed by atoms with Crippen LogP contribution in [0.15, 0.2) is 15.0 Å². The predicted molar refractivity (Wildman–Crippen MR) is 95.5 cm³/mol. The van der Waals surface area contributed by atoms with E-state index in [1.165, 1.54) is 0 Å². The van der Waals surface area contributed by atoms with Gasteiger partial charge in [0.2, 0.25) is 0 Å². The Kier molecular flexibility index (Phi) is 6.78. The van der Waals surface area contributed by atoms with Crippen LogP contribution in [0, 0.1) is 0 Å². The molecule has 0 aromatic carbocycles. The lowest BCUT2D eigenvalue weighted by Gasteiger charge is -2.26. The van der Waals surface area contributed by atoms with E-state index in [9.17, 15) is 33.6 Å². The van der Waals surface area contributed by atoms with Crippen LogP contribution in [0.25, 0.3) is 0 Å². The van der Waals surface area contributed by atoms with Crippen molar-refractivity contribution in [2.75, 3.05) is 6.61 Å². The molecule has 0 saturated carbocycles. The molecule has 7 atom stereocenters. The molecule has 174 valence electrons. The minimum atomic E-state index is -5.72. The van der Waals surface area contributed by atoms with E-state index in [0.29, 0.717) is 0 Å². The van der Waals surface area contributed by atoms with Crippen molar-refractivity contribution in [1.29, 1.82) is 0 Å². The first-order chi connectivity index (χ1) is 14.2. The van der Waals surface area contributed by atoms with E-state index in [4.69, 9.17) is 19.4 Å². The van der Waals surface area contributed by atoms with E-state index in [1.807, 2.05) is 0 Å². The molecule has 31 heavy (non-hydrogen) atoms. The molecule has 1 fully saturated rings. The number of amidine groups is 1. The van der Waals surface area contributed by atoms with E-state index in [0.717, 1.165) is 17.6 Å². The van der Waals surface area contributed by atoms with Crippen molar-refractivity contribution >= 4 is 47.9 Å². The maximum absolute atomic E-state index is 11.8. The molecule has 0 aromatic rings. The lowest BCUT2D eigenvalue weighted by Crippen LogP contribution is -2.48. The number of phosphoric acid groups is 3. The molecule has 0 bridgehead atoms. The second-order valence-corrected chi connectivity index (χ2v) is 10.5. The summed E-state index contributed by atoms with van der Waals surface area (Å²) in [4.78, 5) is 59.5. The average molecular weight is 508 g/mol. The Labute approximate surface area is 171 Å². The number of hydrogen-bond acceptors (Lipinski definition) is 13. The van der Waals surface area contributed by atoms with E-state index < -0.39 is 66.6 Å². The molecule has 6 N–H and O–H groups in total. The standard InChI is InChI=1S/C10H15N4O14P3/c15-6-4(1-25-30(21,22)28-31(23,24)27-29(18,19)20)26-10(7(6)16)14-3-13-5-8(14)11-2-12-9(5)17/h2-7,10,15-16H,1H2,(H,21,22)(H,23,24)(H2,18,19,20). The number of carbonyl (C=O) groups excluding carboxylic acids is 1. The van der Waals surface area contributed by atoms with Crippen LogP contribution in [-0.4, -0.2) is 96.3 Å². The number of ether oxygens (including phenoxy) is 1. The predicted octanol–water partition coefficient (Wildman–Crippen LogP) is -2.54. The highest BCUT2D eigenvalue weighted by Gasteiger charge is 2.50. The Balaban J connectivity index is 1.63. The van der Waals surface area contributed by atoms with Gasteiger partial charge in [-0.25, -0.2) is 18.7 Å². The molecule has 3 heterocycles. The monoisotopic (exact) mass is 508 g/mol. The molecular weight excluding hydrogens is 493 g/mol. The largest absolute Gasteiger partial charge is 0.490 e. The molecule has 18 nitrogen and oxygen atoms in total. The summed E-state index contributed by atoms with van der Waals surface area (Å²) in [7, 11) is -16.7. The van der Waals surface area contributed by atoms with Crippen LogP contribution in [-0.2, 0) is 36.4 Å². The van der Waals surface area contributed by atoms with E-state index in [1.54, 1.807) is 0 Å². The number of hydrogen-bond donors (Lipinski definition) is 6. The smallest absolute Gasteiger partial charge is 0.387 e. The van der Waals surface area contributed by atoms with Crippen LogP contribution in [0.3, 0.4) is 0 Å². The molecule has 3 aliphatic rings. The second-order valence-electron chi connectivity index (χ2n) is 6.08. The number of amides is 1. The number of aliphatic imine (C=N–C) groups is 3. The molecular formula is C10H15N4O14P3. The van der Waals surface area contributed by atoms with Gasteiger partial charge in [0, 0.05) is 0 Å². The summed E-state index contributed by atoms with van der Waals surface area (Å²) in [5.74, 6) is -0.578. The van der Waals surface area contributed by atoms with Crippen LogP contribution in [0.1, 0.15) is 0 Å². The van der Waals surface area contributed by atoms with Gasteiger partial charge < -0.3 is 34.5 Å². The highest BCUT2D eigenvalue weighted by molar-refractivity contribution is 7.66. The normalized spacial score (nSPS) is 34.4. The maximum atomic E-state index is 11.8. The van der Waals surface area contributed by atoms with Gasteiger partial charge in [-0.1, -0.05) is 0 Å². The average Bonchev–Trinajstić information content (AvgIpc) is 3.13. The molecule has 1 saturated heterocycles. The lowest BCUT2D eigenvalue weighted by atomic mass is 10.1. The van der Waals surface area contributed by atoms with Crippen molar-refractivity contribution < 1.29 is 66.2 Å². The third-order valence-corrected chi connectivity index (χ3v) is 7.69. The molecule has 21 heteroatoms. The number of aliphatic hydroxyl groups is 2. The highest BCUT2D eigenvalue weighted by Crippen LogP contribution is 2.66. The minimum Gasteiger partial charge on any atom is -0.387 e.